The van der Waals surface area contributed by atoms with Gasteiger partial charge in [0.05, 0.1) is 0 Å². The van der Waals surface area contributed by atoms with Gasteiger partial charge in [-0.1, -0.05) is 24.3 Å². The molecule has 0 bridgehead atoms. The fourth-order valence-corrected chi connectivity index (χ4v) is 2.21. The van der Waals surface area contributed by atoms with Crippen LogP contribution in [0.5, 0.6) is 0 Å². The number of fused-ring (bicyclic) bond motifs is 1. The number of benzene rings is 1. The molecule has 0 aromatic heterocycles. The zero-order valence-electron chi connectivity index (χ0n) is 10.2. The van der Waals surface area contributed by atoms with Crippen LogP contribution in [-0.4, -0.2) is 34.6 Å². The highest BCUT2D eigenvalue weighted by molar-refractivity contribution is 5.83. The van der Waals surface area contributed by atoms with Crippen molar-refractivity contribution in [2.45, 2.75) is 25.9 Å². The number of carbonyl (C=O) groups excluding carboxylic acids is 1. The molecule has 1 atom stereocenters. The molecule has 1 aromatic rings. The number of carboxylic acids is 1. The van der Waals surface area contributed by atoms with Gasteiger partial charge in [0, 0.05) is 19.5 Å². The Morgan fingerprint density at radius 1 is 1.39 bits per heavy atom. The van der Waals surface area contributed by atoms with Crippen molar-refractivity contribution in [1.82, 2.24) is 10.2 Å². The zero-order valence-corrected chi connectivity index (χ0v) is 10.2. The van der Waals surface area contributed by atoms with Gasteiger partial charge in [-0.2, -0.15) is 0 Å². The quantitative estimate of drug-likeness (QED) is 0.827. The molecule has 2 rings (SSSR count). The predicted octanol–water partition coefficient (Wildman–Crippen LogP) is 1.23. The Kier molecular flexibility index (Phi) is 3.50. The average Bonchev–Trinajstić information content (AvgIpc) is 2.37. The summed E-state index contributed by atoms with van der Waals surface area (Å²) < 4.78 is 0. The lowest BCUT2D eigenvalue weighted by Crippen LogP contribution is -2.52. The van der Waals surface area contributed by atoms with E-state index < -0.39 is 12.0 Å². The SMILES string of the molecule is CCNC(=O)N1Cc2ccccc2C[C@@H]1C(=O)O. The second kappa shape index (κ2) is 5.08. The number of carboxylic acid groups (broad SMARTS) is 1. The van der Waals surface area contributed by atoms with Crippen LogP contribution in [0.15, 0.2) is 24.3 Å². The van der Waals surface area contributed by atoms with Gasteiger partial charge in [-0.15, -0.1) is 0 Å². The fraction of sp³-hybridized carbons (Fsp3) is 0.385. The number of amides is 2. The monoisotopic (exact) mass is 248 g/mol. The molecule has 1 aliphatic heterocycles. The summed E-state index contributed by atoms with van der Waals surface area (Å²) in [5, 5.41) is 11.9. The highest BCUT2D eigenvalue weighted by atomic mass is 16.4. The van der Waals surface area contributed by atoms with Gasteiger partial charge < -0.3 is 15.3 Å². The summed E-state index contributed by atoms with van der Waals surface area (Å²) in [6, 6.07) is 6.53. The minimum atomic E-state index is -0.962. The lowest BCUT2D eigenvalue weighted by molar-refractivity contribution is -0.142. The molecule has 96 valence electrons. The molecule has 2 amide bonds. The van der Waals surface area contributed by atoms with E-state index >= 15 is 0 Å². The number of aliphatic carboxylic acids is 1. The summed E-state index contributed by atoms with van der Waals surface area (Å²) >= 11 is 0. The van der Waals surface area contributed by atoms with Crippen molar-refractivity contribution in [3.8, 4) is 0 Å². The van der Waals surface area contributed by atoms with Gasteiger partial charge in [-0.05, 0) is 18.1 Å². The molecule has 1 heterocycles. The standard InChI is InChI=1S/C13H16N2O3/c1-2-14-13(18)15-8-10-6-4-3-5-9(10)7-11(15)12(16)17/h3-6,11H,2,7-8H2,1H3,(H,14,18)(H,16,17)/t11-/m1/s1. The molecule has 0 saturated heterocycles. The number of hydrogen-bond acceptors (Lipinski definition) is 2. The Morgan fingerprint density at radius 2 is 2.06 bits per heavy atom. The molecule has 5 nitrogen and oxygen atoms in total. The Labute approximate surface area is 105 Å². The largest absolute Gasteiger partial charge is 0.480 e. The third-order valence-electron chi connectivity index (χ3n) is 3.12. The summed E-state index contributed by atoms with van der Waals surface area (Å²) in [6.07, 6.45) is 0.364. The van der Waals surface area contributed by atoms with Crippen molar-refractivity contribution >= 4 is 12.0 Å². The van der Waals surface area contributed by atoms with Gasteiger partial charge in [0.25, 0.3) is 0 Å². The smallest absolute Gasteiger partial charge is 0.326 e. The molecule has 18 heavy (non-hydrogen) atoms. The molecular formula is C13H16N2O3. The third-order valence-corrected chi connectivity index (χ3v) is 3.12. The summed E-state index contributed by atoms with van der Waals surface area (Å²) in [7, 11) is 0. The van der Waals surface area contributed by atoms with E-state index in [2.05, 4.69) is 5.32 Å². The fourth-order valence-electron chi connectivity index (χ4n) is 2.21. The van der Waals surface area contributed by atoms with Crippen LogP contribution in [0.25, 0.3) is 0 Å². The van der Waals surface area contributed by atoms with E-state index in [-0.39, 0.29) is 6.03 Å². The maximum Gasteiger partial charge on any atom is 0.326 e. The zero-order chi connectivity index (χ0) is 13.1. The van der Waals surface area contributed by atoms with Crippen molar-refractivity contribution in [3.63, 3.8) is 0 Å². The molecule has 0 fully saturated rings. The maximum absolute atomic E-state index is 11.9. The number of hydrogen-bond donors (Lipinski definition) is 2. The summed E-state index contributed by atoms with van der Waals surface area (Å²) in [5.74, 6) is -0.962. The first-order valence-electron chi connectivity index (χ1n) is 5.97. The van der Waals surface area contributed by atoms with Crippen molar-refractivity contribution in [3.05, 3.63) is 35.4 Å². The van der Waals surface area contributed by atoms with Crippen LogP contribution in [0.2, 0.25) is 0 Å². The lowest BCUT2D eigenvalue weighted by atomic mass is 9.94. The van der Waals surface area contributed by atoms with Crippen LogP contribution < -0.4 is 5.32 Å². The van der Waals surface area contributed by atoms with Crippen LogP contribution in [0, 0.1) is 0 Å². The second-order valence-electron chi connectivity index (χ2n) is 4.29. The summed E-state index contributed by atoms with van der Waals surface area (Å²) in [6.45, 7) is 2.65. The number of nitrogens with one attached hydrogen (secondary N) is 1. The van der Waals surface area contributed by atoms with Crippen molar-refractivity contribution in [1.29, 1.82) is 0 Å². The summed E-state index contributed by atoms with van der Waals surface area (Å²) in [4.78, 5) is 24.5. The van der Waals surface area contributed by atoms with E-state index in [9.17, 15) is 14.7 Å². The van der Waals surface area contributed by atoms with E-state index in [0.29, 0.717) is 19.5 Å². The average molecular weight is 248 g/mol. The maximum atomic E-state index is 11.9. The van der Waals surface area contributed by atoms with Gasteiger partial charge in [0.1, 0.15) is 6.04 Å². The Balaban J connectivity index is 2.28. The van der Waals surface area contributed by atoms with Gasteiger partial charge in [-0.3, -0.25) is 0 Å². The van der Waals surface area contributed by atoms with Crippen LogP contribution in [0.1, 0.15) is 18.1 Å². The van der Waals surface area contributed by atoms with E-state index in [4.69, 9.17) is 0 Å². The van der Waals surface area contributed by atoms with Crippen LogP contribution in [0.4, 0.5) is 4.79 Å². The number of urea groups is 1. The van der Waals surface area contributed by atoms with E-state index in [0.717, 1.165) is 11.1 Å². The van der Waals surface area contributed by atoms with E-state index in [1.165, 1.54) is 4.90 Å². The first-order chi connectivity index (χ1) is 8.63. The molecule has 0 radical (unpaired) electrons. The van der Waals surface area contributed by atoms with Crippen LogP contribution in [-0.2, 0) is 17.8 Å². The Hall–Kier alpha value is -2.04. The van der Waals surface area contributed by atoms with Gasteiger partial charge in [0.15, 0.2) is 0 Å². The van der Waals surface area contributed by atoms with Crippen LogP contribution >= 0.6 is 0 Å². The molecule has 2 N–H and O–H groups in total. The van der Waals surface area contributed by atoms with Crippen LogP contribution in [0.3, 0.4) is 0 Å². The van der Waals surface area contributed by atoms with E-state index in [1.807, 2.05) is 31.2 Å². The normalized spacial score (nSPS) is 18.1. The van der Waals surface area contributed by atoms with Crippen molar-refractivity contribution in [2.75, 3.05) is 6.54 Å². The molecular weight excluding hydrogens is 232 g/mol. The predicted molar refractivity (Wildman–Crippen MR) is 66.2 cm³/mol. The molecule has 5 heteroatoms. The minimum absolute atomic E-state index is 0.320. The Bertz CT molecular complexity index is 473. The number of nitrogens with zero attached hydrogens (tertiary/aromatic N) is 1. The van der Waals surface area contributed by atoms with Crippen molar-refractivity contribution in [2.24, 2.45) is 0 Å². The van der Waals surface area contributed by atoms with Gasteiger partial charge in [-0.25, -0.2) is 9.59 Å². The van der Waals surface area contributed by atoms with Crippen molar-refractivity contribution < 1.29 is 14.7 Å². The topological polar surface area (TPSA) is 69.6 Å². The number of carbonyl (C=O) groups is 2. The number of rotatable bonds is 2. The molecule has 0 aliphatic carbocycles. The van der Waals surface area contributed by atoms with Gasteiger partial charge >= 0.3 is 12.0 Å². The lowest BCUT2D eigenvalue weighted by Gasteiger charge is -2.34. The summed E-state index contributed by atoms with van der Waals surface area (Å²) in [5.41, 5.74) is 2.02. The minimum Gasteiger partial charge on any atom is -0.480 e. The molecule has 0 unspecified atom stereocenters. The highest BCUT2D eigenvalue weighted by Crippen LogP contribution is 2.23. The molecule has 0 spiro atoms. The van der Waals surface area contributed by atoms with E-state index in [1.54, 1.807) is 0 Å². The first-order valence-corrected chi connectivity index (χ1v) is 5.97. The Morgan fingerprint density at radius 3 is 2.67 bits per heavy atom. The highest BCUT2D eigenvalue weighted by Gasteiger charge is 2.34. The molecule has 1 aromatic carbocycles. The third kappa shape index (κ3) is 2.30. The second-order valence-corrected chi connectivity index (χ2v) is 4.29. The molecule has 1 aliphatic rings. The molecule has 0 saturated carbocycles. The van der Waals surface area contributed by atoms with Gasteiger partial charge in [0.2, 0.25) is 0 Å². The first kappa shape index (κ1) is 12.4.